The summed E-state index contributed by atoms with van der Waals surface area (Å²) in [5, 5.41) is 24.1. The SMILES string of the molecule is N#CC1=C(N)Oc2[nH]c(=S)n(-c3ccccc3)c2[C@@]12C(=O)Nc1ccc([N+](=O)[O-])cc12. The lowest BCUT2D eigenvalue weighted by molar-refractivity contribution is -0.384. The Morgan fingerprint density at radius 2 is 2.00 bits per heavy atom. The van der Waals surface area contributed by atoms with Gasteiger partial charge < -0.3 is 20.8 Å². The van der Waals surface area contributed by atoms with Crippen molar-refractivity contribution in [1.82, 2.24) is 9.55 Å². The molecule has 0 radical (unpaired) electrons. The number of nitrogens with one attached hydrogen (secondary N) is 2. The normalized spacial score (nSPS) is 18.7. The van der Waals surface area contributed by atoms with E-state index in [1.807, 2.05) is 12.1 Å². The molecule has 152 valence electrons. The first kappa shape index (κ1) is 18.6. The number of H-pyrrole nitrogens is 1. The molecule has 11 heteroatoms. The zero-order valence-electron chi connectivity index (χ0n) is 15.6. The minimum absolute atomic E-state index is 0.0832. The van der Waals surface area contributed by atoms with E-state index >= 15 is 0 Å². The van der Waals surface area contributed by atoms with Crippen molar-refractivity contribution in [2.75, 3.05) is 5.32 Å². The van der Waals surface area contributed by atoms with E-state index in [2.05, 4.69) is 10.3 Å². The second-order valence-corrected chi connectivity index (χ2v) is 7.31. The number of amides is 1. The maximum Gasteiger partial charge on any atom is 0.269 e. The van der Waals surface area contributed by atoms with Crippen molar-refractivity contribution < 1.29 is 14.5 Å². The number of nitro groups is 1. The molecule has 2 aromatic carbocycles. The Morgan fingerprint density at radius 3 is 2.68 bits per heavy atom. The number of carbonyl (C=O) groups is 1. The molecule has 4 N–H and O–H groups in total. The highest BCUT2D eigenvalue weighted by molar-refractivity contribution is 7.71. The predicted octanol–water partition coefficient (Wildman–Crippen LogP) is 2.77. The lowest BCUT2D eigenvalue weighted by Gasteiger charge is -2.32. The number of nitro benzene ring substituents is 1. The molecular weight excluding hydrogens is 420 g/mol. The number of imidazole rings is 1. The van der Waals surface area contributed by atoms with Crippen LogP contribution in [0, 0.1) is 26.2 Å². The molecule has 1 atom stereocenters. The summed E-state index contributed by atoms with van der Waals surface area (Å²) < 4.78 is 7.40. The molecule has 10 nitrogen and oxygen atoms in total. The number of non-ortho nitro benzene ring substituents is 1. The number of ether oxygens (including phenoxy) is 1. The zero-order chi connectivity index (χ0) is 21.9. The Balaban J connectivity index is 1.95. The number of nitrogens with two attached hydrogens (primary N) is 1. The summed E-state index contributed by atoms with van der Waals surface area (Å²) in [5.74, 6) is -0.799. The third-order valence-electron chi connectivity index (χ3n) is 5.38. The number of aromatic amines is 1. The third-order valence-corrected chi connectivity index (χ3v) is 5.67. The van der Waals surface area contributed by atoms with Gasteiger partial charge in [0.25, 0.3) is 5.69 Å². The van der Waals surface area contributed by atoms with E-state index in [4.69, 9.17) is 22.7 Å². The van der Waals surface area contributed by atoms with E-state index in [-0.39, 0.29) is 39.1 Å². The quantitative estimate of drug-likeness (QED) is 0.320. The first-order chi connectivity index (χ1) is 14.9. The molecule has 3 heterocycles. The topological polar surface area (TPSA) is 152 Å². The molecule has 31 heavy (non-hydrogen) atoms. The fourth-order valence-electron chi connectivity index (χ4n) is 4.14. The van der Waals surface area contributed by atoms with Gasteiger partial charge in [-0.3, -0.25) is 19.5 Å². The summed E-state index contributed by atoms with van der Waals surface area (Å²) in [6.45, 7) is 0. The first-order valence-electron chi connectivity index (χ1n) is 8.99. The van der Waals surface area contributed by atoms with Crippen molar-refractivity contribution in [2.45, 2.75) is 5.41 Å². The maximum absolute atomic E-state index is 13.5. The van der Waals surface area contributed by atoms with Crippen molar-refractivity contribution >= 4 is 29.5 Å². The summed E-state index contributed by atoms with van der Waals surface area (Å²) in [4.78, 5) is 27.3. The Morgan fingerprint density at radius 1 is 1.26 bits per heavy atom. The summed E-state index contributed by atoms with van der Waals surface area (Å²) in [6, 6.07) is 14.9. The van der Waals surface area contributed by atoms with Crippen LogP contribution in [0.5, 0.6) is 5.88 Å². The van der Waals surface area contributed by atoms with Crippen LogP contribution < -0.4 is 15.8 Å². The molecule has 1 spiro atoms. The van der Waals surface area contributed by atoms with Gasteiger partial charge in [-0.15, -0.1) is 0 Å². The van der Waals surface area contributed by atoms with Crippen molar-refractivity contribution in [1.29, 1.82) is 5.26 Å². The minimum atomic E-state index is -1.79. The summed E-state index contributed by atoms with van der Waals surface area (Å²) in [5.41, 5.74) is 5.18. The van der Waals surface area contributed by atoms with Crippen LogP contribution in [-0.4, -0.2) is 20.4 Å². The van der Waals surface area contributed by atoms with E-state index in [9.17, 15) is 20.2 Å². The van der Waals surface area contributed by atoms with E-state index < -0.39 is 16.2 Å². The largest absolute Gasteiger partial charge is 0.422 e. The van der Waals surface area contributed by atoms with Gasteiger partial charge >= 0.3 is 0 Å². The number of fused-ring (bicyclic) bond motifs is 4. The molecule has 0 saturated carbocycles. The van der Waals surface area contributed by atoms with Crippen LogP contribution in [0.25, 0.3) is 5.69 Å². The molecule has 2 aliphatic heterocycles. The van der Waals surface area contributed by atoms with Crippen molar-refractivity contribution in [2.24, 2.45) is 5.73 Å². The average Bonchev–Trinajstić information content (AvgIpc) is 3.22. The molecule has 0 fully saturated rings. The summed E-state index contributed by atoms with van der Waals surface area (Å²) in [7, 11) is 0. The molecule has 0 aliphatic carbocycles. The number of para-hydroxylation sites is 1. The third kappa shape index (κ3) is 2.30. The van der Waals surface area contributed by atoms with Crippen LogP contribution in [0.3, 0.4) is 0 Å². The minimum Gasteiger partial charge on any atom is -0.422 e. The maximum atomic E-state index is 13.5. The van der Waals surface area contributed by atoms with Gasteiger partial charge in [0, 0.05) is 29.1 Å². The van der Waals surface area contributed by atoms with Crippen LogP contribution in [0.2, 0.25) is 0 Å². The first-order valence-corrected chi connectivity index (χ1v) is 9.40. The highest BCUT2D eigenvalue weighted by atomic mass is 32.1. The number of benzene rings is 2. The van der Waals surface area contributed by atoms with E-state index in [0.717, 1.165) is 0 Å². The number of aromatic nitrogens is 2. The van der Waals surface area contributed by atoms with Crippen LogP contribution >= 0.6 is 12.2 Å². The lowest BCUT2D eigenvalue weighted by atomic mass is 9.71. The molecule has 0 unspecified atom stereocenters. The van der Waals surface area contributed by atoms with Gasteiger partial charge in [-0.25, -0.2) is 0 Å². The average molecular weight is 432 g/mol. The standard InChI is InChI=1S/C20H12N6O4S/c21-9-13-16(22)30-17-15(25(19(31)24-17)10-4-2-1-3-5-10)20(13)12-8-11(26(28)29)6-7-14(12)23-18(20)27/h1-8H,22H2,(H,23,27)(H,24,31)/t20-/m0/s1. The number of nitriles is 1. The van der Waals surface area contributed by atoms with Crippen molar-refractivity contribution in [3.63, 3.8) is 0 Å². The van der Waals surface area contributed by atoms with Gasteiger partial charge in [-0.2, -0.15) is 5.26 Å². The van der Waals surface area contributed by atoms with Gasteiger partial charge in [0.2, 0.25) is 17.7 Å². The van der Waals surface area contributed by atoms with E-state index in [1.54, 1.807) is 28.8 Å². The molecule has 0 bridgehead atoms. The molecule has 2 aliphatic rings. The lowest BCUT2D eigenvalue weighted by Crippen LogP contribution is -2.43. The highest BCUT2D eigenvalue weighted by Crippen LogP contribution is 2.54. The van der Waals surface area contributed by atoms with Crippen LogP contribution in [0.1, 0.15) is 11.3 Å². The molecule has 3 aromatic rings. The number of anilines is 1. The highest BCUT2D eigenvalue weighted by Gasteiger charge is 2.59. The fourth-order valence-corrected chi connectivity index (χ4v) is 4.43. The molecule has 0 saturated heterocycles. The van der Waals surface area contributed by atoms with E-state index in [1.165, 1.54) is 18.2 Å². The molecule has 1 amide bonds. The van der Waals surface area contributed by atoms with Gasteiger partial charge in [-0.05, 0) is 30.4 Å². The van der Waals surface area contributed by atoms with Crippen molar-refractivity contribution in [3.05, 3.63) is 86.1 Å². The summed E-state index contributed by atoms with van der Waals surface area (Å²) in [6.07, 6.45) is 0. The van der Waals surface area contributed by atoms with E-state index in [0.29, 0.717) is 11.4 Å². The number of hydrogen-bond acceptors (Lipinski definition) is 7. The van der Waals surface area contributed by atoms with Gasteiger partial charge in [0.15, 0.2) is 10.2 Å². The monoisotopic (exact) mass is 432 g/mol. The Labute approximate surface area is 179 Å². The number of carbonyl (C=O) groups excluding carboxylic acids is 1. The second-order valence-electron chi connectivity index (χ2n) is 6.92. The van der Waals surface area contributed by atoms with Gasteiger partial charge in [0.1, 0.15) is 17.3 Å². The van der Waals surface area contributed by atoms with Crippen LogP contribution in [0.4, 0.5) is 11.4 Å². The van der Waals surface area contributed by atoms with Crippen molar-refractivity contribution in [3.8, 4) is 17.6 Å². The van der Waals surface area contributed by atoms with Gasteiger partial charge in [0.05, 0.1) is 4.92 Å². The number of rotatable bonds is 2. The Bertz CT molecular complexity index is 1430. The zero-order valence-corrected chi connectivity index (χ0v) is 16.4. The molecular formula is C20H12N6O4S. The summed E-state index contributed by atoms with van der Waals surface area (Å²) >= 11 is 5.48. The number of hydrogen-bond donors (Lipinski definition) is 3. The molecule has 1 aromatic heterocycles. The van der Waals surface area contributed by atoms with Crippen LogP contribution in [-0.2, 0) is 10.2 Å². The Hall–Kier alpha value is -4.43. The molecule has 5 rings (SSSR count). The fraction of sp³-hybridized carbons (Fsp3) is 0.0500. The van der Waals surface area contributed by atoms with Crippen LogP contribution in [0.15, 0.2) is 60.0 Å². The van der Waals surface area contributed by atoms with Gasteiger partial charge in [-0.1, -0.05) is 18.2 Å². The number of nitrogens with zero attached hydrogens (tertiary/aromatic N) is 3. The second kappa shape index (κ2) is 6.28. The predicted molar refractivity (Wildman–Crippen MR) is 111 cm³/mol. The Kier molecular flexibility index (Phi) is 3.77. The smallest absolute Gasteiger partial charge is 0.269 e.